The number of hydrogen-bond acceptors (Lipinski definition) is 5. The quantitative estimate of drug-likeness (QED) is 0.323. The highest BCUT2D eigenvalue weighted by atomic mass is 35.5. The summed E-state index contributed by atoms with van der Waals surface area (Å²) in [4.78, 5) is 34.8. The Morgan fingerprint density at radius 2 is 1.82 bits per heavy atom. The molecule has 6 rings (SSSR count). The Morgan fingerprint density at radius 3 is 2.51 bits per heavy atom. The molecular weight excluding hydrogens is 537 g/mol. The van der Waals surface area contributed by atoms with E-state index < -0.39 is 17.4 Å². The maximum atomic E-state index is 14.3. The number of fused-ring (bicyclic) bond motifs is 4. The van der Waals surface area contributed by atoms with Gasteiger partial charge in [-0.05, 0) is 62.4 Å². The van der Waals surface area contributed by atoms with Crippen LogP contribution in [0.5, 0.6) is 5.75 Å². The number of hydrogen-bond donors (Lipinski definition) is 1. The average molecular weight is 558 g/mol. The Labute approximate surface area is 234 Å². The fourth-order valence-corrected chi connectivity index (χ4v) is 5.94. The summed E-state index contributed by atoms with van der Waals surface area (Å²) in [5, 5.41) is 13.2. The van der Waals surface area contributed by atoms with E-state index in [0.29, 0.717) is 55.4 Å². The van der Waals surface area contributed by atoms with Gasteiger partial charge in [0.15, 0.2) is 11.2 Å². The molecule has 0 bridgehead atoms. The van der Waals surface area contributed by atoms with Crippen molar-refractivity contribution in [1.29, 1.82) is 5.26 Å². The standard InChI is InChI=1S/C29H21Cl2N5O3/c1-15(2)35-25-24(34-26(35)20-9-7-16(14-32)11-23(20)39-3)27(37)36(19-6-4-5-17(30)12-19)29(25)21-10-8-18(31)13-22(21)33-28(29)38/h4-13,15H,1-3H3,(H,33,38). The zero-order valence-corrected chi connectivity index (χ0v) is 22.6. The number of carbonyl (C=O) groups is 2. The third kappa shape index (κ3) is 3.40. The van der Waals surface area contributed by atoms with E-state index >= 15 is 0 Å². The van der Waals surface area contributed by atoms with Gasteiger partial charge in [-0.3, -0.25) is 14.5 Å². The highest BCUT2D eigenvalue weighted by Gasteiger charge is 2.64. The van der Waals surface area contributed by atoms with Gasteiger partial charge in [0.2, 0.25) is 0 Å². The first-order chi connectivity index (χ1) is 18.7. The van der Waals surface area contributed by atoms with E-state index in [4.69, 9.17) is 32.9 Å². The van der Waals surface area contributed by atoms with Gasteiger partial charge in [0, 0.05) is 33.0 Å². The van der Waals surface area contributed by atoms with Crippen LogP contribution in [0.15, 0.2) is 60.7 Å². The molecule has 3 heterocycles. The second-order valence-corrected chi connectivity index (χ2v) is 10.5. The molecule has 1 N–H and O–H groups in total. The molecule has 39 heavy (non-hydrogen) atoms. The number of carbonyl (C=O) groups excluding carboxylic acids is 2. The van der Waals surface area contributed by atoms with Crippen molar-refractivity contribution < 1.29 is 14.3 Å². The Balaban J connectivity index is 1.72. The molecule has 2 aliphatic heterocycles. The lowest BCUT2D eigenvalue weighted by Gasteiger charge is -2.35. The van der Waals surface area contributed by atoms with Crippen molar-refractivity contribution in [1.82, 2.24) is 9.55 Å². The zero-order chi connectivity index (χ0) is 27.6. The van der Waals surface area contributed by atoms with Crippen LogP contribution in [0.2, 0.25) is 10.0 Å². The summed E-state index contributed by atoms with van der Waals surface area (Å²) >= 11 is 12.6. The number of benzene rings is 3. The number of halogens is 2. The molecule has 1 atom stereocenters. The van der Waals surface area contributed by atoms with Crippen molar-refractivity contribution >= 4 is 46.4 Å². The van der Waals surface area contributed by atoms with E-state index in [9.17, 15) is 14.9 Å². The number of ether oxygens (including phenoxy) is 1. The van der Waals surface area contributed by atoms with Gasteiger partial charge < -0.3 is 14.6 Å². The van der Waals surface area contributed by atoms with Crippen LogP contribution in [-0.4, -0.2) is 28.5 Å². The van der Waals surface area contributed by atoms with Gasteiger partial charge in [-0.2, -0.15) is 5.26 Å². The fraction of sp³-hybridized carbons (Fsp3) is 0.172. The van der Waals surface area contributed by atoms with Crippen LogP contribution in [0.25, 0.3) is 11.4 Å². The topological polar surface area (TPSA) is 100 Å². The molecule has 1 spiro atoms. The molecule has 2 amide bonds. The van der Waals surface area contributed by atoms with Crippen molar-refractivity contribution in [3.05, 3.63) is 93.2 Å². The molecule has 0 radical (unpaired) electrons. The van der Waals surface area contributed by atoms with Crippen molar-refractivity contribution in [2.24, 2.45) is 0 Å². The fourth-order valence-electron chi connectivity index (χ4n) is 5.58. The molecule has 3 aromatic carbocycles. The van der Waals surface area contributed by atoms with E-state index in [1.54, 1.807) is 60.7 Å². The second kappa shape index (κ2) is 8.87. The van der Waals surface area contributed by atoms with Crippen LogP contribution in [-0.2, 0) is 10.3 Å². The number of methoxy groups -OCH3 is 1. The van der Waals surface area contributed by atoms with Crippen LogP contribution >= 0.6 is 23.2 Å². The summed E-state index contributed by atoms with van der Waals surface area (Å²) in [6.45, 7) is 3.91. The molecule has 1 aromatic heterocycles. The Morgan fingerprint density at radius 1 is 1.05 bits per heavy atom. The van der Waals surface area contributed by atoms with Gasteiger partial charge in [-0.15, -0.1) is 0 Å². The number of nitriles is 1. The molecule has 4 aromatic rings. The van der Waals surface area contributed by atoms with Gasteiger partial charge in [0.05, 0.1) is 30.0 Å². The summed E-state index contributed by atoms with van der Waals surface area (Å²) < 4.78 is 7.50. The summed E-state index contributed by atoms with van der Waals surface area (Å²) in [6, 6.07) is 18.9. The lowest BCUT2D eigenvalue weighted by molar-refractivity contribution is -0.119. The first-order valence-electron chi connectivity index (χ1n) is 12.1. The van der Waals surface area contributed by atoms with Crippen LogP contribution in [0.1, 0.15) is 47.2 Å². The Hall–Kier alpha value is -4.32. The minimum atomic E-state index is -1.58. The Kier molecular flexibility index (Phi) is 5.68. The molecule has 2 aliphatic rings. The maximum Gasteiger partial charge on any atom is 0.280 e. The normalized spacial score (nSPS) is 17.4. The lowest BCUT2D eigenvalue weighted by atomic mass is 9.87. The monoisotopic (exact) mass is 557 g/mol. The van der Waals surface area contributed by atoms with Crippen LogP contribution in [0, 0.1) is 11.3 Å². The minimum absolute atomic E-state index is 0.142. The van der Waals surface area contributed by atoms with Crippen LogP contribution in [0.4, 0.5) is 11.4 Å². The summed E-state index contributed by atoms with van der Waals surface area (Å²) in [6.07, 6.45) is 0. The van der Waals surface area contributed by atoms with Crippen LogP contribution in [0.3, 0.4) is 0 Å². The first-order valence-corrected chi connectivity index (χ1v) is 12.9. The van der Waals surface area contributed by atoms with Gasteiger partial charge in [-0.1, -0.05) is 35.3 Å². The molecule has 10 heteroatoms. The summed E-state index contributed by atoms with van der Waals surface area (Å²) in [5.74, 6) is 0.0198. The van der Waals surface area contributed by atoms with Gasteiger partial charge in [0.25, 0.3) is 11.8 Å². The Bertz CT molecular complexity index is 1760. The number of aromatic nitrogens is 2. The molecule has 0 saturated heterocycles. The van der Waals surface area contributed by atoms with E-state index in [0.717, 1.165) is 0 Å². The van der Waals surface area contributed by atoms with Crippen molar-refractivity contribution in [2.45, 2.75) is 25.4 Å². The van der Waals surface area contributed by atoms with Gasteiger partial charge in [0.1, 0.15) is 11.6 Å². The molecular formula is C29H21Cl2N5O3. The third-order valence-electron chi connectivity index (χ3n) is 7.10. The zero-order valence-electron chi connectivity index (χ0n) is 21.1. The molecule has 194 valence electrons. The SMILES string of the molecule is COc1cc(C#N)ccc1-c1nc2c(n1C(C)C)C1(C(=O)Nc3cc(Cl)ccc31)N(c1cccc(Cl)c1)C2=O. The highest BCUT2D eigenvalue weighted by molar-refractivity contribution is 6.32. The number of nitrogens with zero attached hydrogens (tertiary/aromatic N) is 4. The highest BCUT2D eigenvalue weighted by Crippen LogP contribution is 2.54. The van der Waals surface area contributed by atoms with Crippen molar-refractivity contribution in [2.75, 3.05) is 17.3 Å². The van der Waals surface area contributed by atoms with Gasteiger partial charge in [-0.25, -0.2) is 4.98 Å². The van der Waals surface area contributed by atoms with E-state index in [-0.39, 0.29) is 11.7 Å². The number of nitrogens with one attached hydrogen (secondary N) is 1. The summed E-state index contributed by atoms with van der Waals surface area (Å²) in [5.41, 5.74) is 1.55. The third-order valence-corrected chi connectivity index (χ3v) is 7.57. The van der Waals surface area contributed by atoms with Crippen molar-refractivity contribution in [3.8, 4) is 23.2 Å². The predicted octanol–water partition coefficient (Wildman–Crippen LogP) is 6.17. The van der Waals surface area contributed by atoms with E-state index in [1.165, 1.54) is 12.0 Å². The van der Waals surface area contributed by atoms with Crippen molar-refractivity contribution in [3.63, 3.8) is 0 Å². The largest absolute Gasteiger partial charge is 0.496 e. The van der Waals surface area contributed by atoms with E-state index in [1.807, 2.05) is 18.4 Å². The number of imidazole rings is 1. The molecule has 0 aliphatic carbocycles. The first kappa shape index (κ1) is 25.0. The second-order valence-electron chi connectivity index (χ2n) is 9.60. The number of anilines is 2. The summed E-state index contributed by atoms with van der Waals surface area (Å²) in [7, 11) is 1.51. The predicted molar refractivity (Wildman–Crippen MR) is 148 cm³/mol. The molecule has 0 saturated carbocycles. The maximum absolute atomic E-state index is 14.3. The molecule has 0 fully saturated rings. The average Bonchev–Trinajstić information content (AvgIpc) is 3.52. The minimum Gasteiger partial charge on any atom is -0.496 e. The van der Waals surface area contributed by atoms with Gasteiger partial charge >= 0.3 is 0 Å². The van der Waals surface area contributed by atoms with E-state index in [2.05, 4.69) is 11.4 Å². The molecule has 8 nitrogen and oxygen atoms in total. The number of rotatable bonds is 4. The lowest BCUT2D eigenvalue weighted by Crippen LogP contribution is -2.51. The molecule has 1 unspecified atom stereocenters. The number of amides is 2. The smallest absolute Gasteiger partial charge is 0.280 e. The van der Waals surface area contributed by atoms with Crippen LogP contribution < -0.4 is 15.0 Å².